The van der Waals surface area contributed by atoms with Gasteiger partial charge in [0.1, 0.15) is 0 Å². The van der Waals surface area contributed by atoms with E-state index in [1.165, 1.54) is 22.3 Å². The van der Waals surface area contributed by atoms with Crippen LogP contribution in [0.3, 0.4) is 0 Å². The van der Waals surface area contributed by atoms with Gasteiger partial charge in [-0.15, -0.1) is 0 Å². The minimum atomic E-state index is 0.143. The molecule has 1 atom stereocenters. The molecule has 0 saturated carbocycles. The van der Waals surface area contributed by atoms with Crippen LogP contribution in [0.4, 0.5) is 0 Å². The first-order valence-corrected chi connectivity index (χ1v) is 18.4. The van der Waals surface area contributed by atoms with E-state index in [0.717, 1.165) is 78.7 Å². The number of nitrogens with zero attached hydrogens (tertiary/aromatic N) is 4. The molecule has 0 saturated heterocycles. The van der Waals surface area contributed by atoms with Gasteiger partial charge in [-0.2, -0.15) is 0 Å². The number of hydrogen-bond acceptors (Lipinski definition) is 4. The number of hydrogen-bond donors (Lipinski definition) is 0. The first-order chi connectivity index (χ1) is 26.7. The molecule has 4 heteroatoms. The molecule has 0 spiro atoms. The Morgan fingerprint density at radius 1 is 0.444 bits per heavy atom. The Balaban J connectivity index is 1.07. The molecule has 0 fully saturated rings. The van der Waals surface area contributed by atoms with Gasteiger partial charge >= 0.3 is 0 Å². The summed E-state index contributed by atoms with van der Waals surface area (Å²) in [6.07, 6.45) is 7.70. The highest BCUT2D eigenvalue weighted by Gasteiger charge is 2.19. The third-order valence-electron chi connectivity index (χ3n) is 10.4. The molecular weight excluding hydrogens is 657 g/mol. The molecule has 9 aromatic rings. The summed E-state index contributed by atoms with van der Waals surface area (Å²) >= 11 is 0. The van der Waals surface area contributed by atoms with Crippen molar-refractivity contribution < 1.29 is 0 Å². The normalized spacial score (nSPS) is 14.1. The molecule has 1 aliphatic rings. The Bertz CT molecular complexity index is 2900. The minimum Gasteiger partial charge on any atom is -0.245 e. The zero-order valence-corrected chi connectivity index (χ0v) is 29.5. The summed E-state index contributed by atoms with van der Waals surface area (Å²) in [7, 11) is 0. The fourth-order valence-electron chi connectivity index (χ4n) is 7.66. The molecule has 3 aromatic heterocycles. The van der Waals surface area contributed by atoms with Crippen LogP contribution in [0, 0.1) is 0 Å². The molecule has 0 amide bonds. The quantitative estimate of drug-likeness (QED) is 0.129. The standard InChI is InChI=1S/C50H34N4/c1-4-13-33(14-5-1)34-23-25-35(26-24-34)45-32-46(54-50(53-45)38-17-8-3-9-18-38)40-20-12-19-39(31-40)43-30-28-37-27-29-42-47(36-15-6-2-7-16-36)41-21-10-11-22-44(41)52-49(42)48(37)51-43/h1-25,27-32,35H,26H2. The van der Waals surface area contributed by atoms with Crippen molar-refractivity contribution in [2.75, 3.05) is 0 Å². The Labute approximate surface area is 313 Å². The lowest BCUT2D eigenvalue weighted by Crippen LogP contribution is -2.05. The molecule has 1 unspecified atom stereocenters. The predicted molar refractivity (Wildman–Crippen MR) is 223 cm³/mol. The third kappa shape index (κ3) is 5.84. The molecule has 0 N–H and O–H groups in total. The number of pyridine rings is 2. The highest BCUT2D eigenvalue weighted by molar-refractivity contribution is 6.16. The van der Waals surface area contributed by atoms with Crippen molar-refractivity contribution in [3.63, 3.8) is 0 Å². The van der Waals surface area contributed by atoms with Gasteiger partial charge in [0.25, 0.3) is 0 Å². The molecular formula is C50H34N4. The number of allylic oxidation sites excluding steroid dienone is 4. The van der Waals surface area contributed by atoms with Gasteiger partial charge in [0, 0.05) is 44.3 Å². The van der Waals surface area contributed by atoms with Crippen LogP contribution in [0.1, 0.15) is 23.6 Å². The maximum atomic E-state index is 5.33. The fourth-order valence-corrected chi connectivity index (χ4v) is 7.66. The van der Waals surface area contributed by atoms with Crippen molar-refractivity contribution in [1.82, 2.24) is 19.9 Å². The van der Waals surface area contributed by atoms with Gasteiger partial charge in [-0.25, -0.2) is 19.9 Å². The van der Waals surface area contributed by atoms with E-state index in [1.54, 1.807) is 0 Å². The molecule has 3 heterocycles. The highest BCUT2D eigenvalue weighted by Crippen LogP contribution is 2.38. The summed E-state index contributed by atoms with van der Waals surface area (Å²) in [4.78, 5) is 20.8. The molecule has 54 heavy (non-hydrogen) atoms. The second kappa shape index (κ2) is 13.5. The van der Waals surface area contributed by atoms with Gasteiger partial charge in [-0.3, -0.25) is 0 Å². The van der Waals surface area contributed by atoms with E-state index in [0.29, 0.717) is 0 Å². The summed E-state index contributed by atoms with van der Waals surface area (Å²) in [5.41, 5.74) is 13.4. The van der Waals surface area contributed by atoms with E-state index in [2.05, 4.69) is 170 Å². The Morgan fingerprint density at radius 2 is 1.11 bits per heavy atom. The number of para-hydroxylation sites is 1. The van der Waals surface area contributed by atoms with Crippen LogP contribution in [0.25, 0.3) is 83.3 Å². The van der Waals surface area contributed by atoms with E-state index < -0.39 is 0 Å². The van der Waals surface area contributed by atoms with Crippen molar-refractivity contribution in [3.8, 4) is 45.0 Å². The van der Waals surface area contributed by atoms with Gasteiger partial charge in [-0.05, 0) is 47.4 Å². The summed E-state index contributed by atoms with van der Waals surface area (Å²) < 4.78 is 0. The smallest absolute Gasteiger partial charge is 0.160 e. The maximum Gasteiger partial charge on any atom is 0.160 e. The van der Waals surface area contributed by atoms with E-state index in [1.807, 2.05) is 18.2 Å². The average molecular weight is 691 g/mol. The van der Waals surface area contributed by atoms with Crippen LogP contribution in [-0.4, -0.2) is 19.9 Å². The Morgan fingerprint density at radius 3 is 1.87 bits per heavy atom. The maximum absolute atomic E-state index is 5.33. The van der Waals surface area contributed by atoms with E-state index in [4.69, 9.17) is 19.9 Å². The van der Waals surface area contributed by atoms with Crippen LogP contribution >= 0.6 is 0 Å². The molecule has 6 aromatic carbocycles. The fraction of sp³-hybridized carbons (Fsp3) is 0.0400. The summed E-state index contributed by atoms with van der Waals surface area (Å²) in [5.74, 6) is 0.868. The number of rotatable bonds is 6. The van der Waals surface area contributed by atoms with Gasteiger partial charge in [0.2, 0.25) is 0 Å². The van der Waals surface area contributed by atoms with Gasteiger partial charge in [0.15, 0.2) is 5.82 Å². The monoisotopic (exact) mass is 690 g/mol. The molecule has 1 aliphatic carbocycles. The van der Waals surface area contributed by atoms with Crippen LogP contribution < -0.4 is 0 Å². The first-order valence-electron chi connectivity index (χ1n) is 18.4. The van der Waals surface area contributed by atoms with E-state index >= 15 is 0 Å². The summed E-state index contributed by atoms with van der Waals surface area (Å²) in [5, 5.41) is 3.28. The Hall–Kier alpha value is -7.04. The largest absolute Gasteiger partial charge is 0.245 e. The van der Waals surface area contributed by atoms with Gasteiger partial charge in [0.05, 0.1) is 33.6 Å². The number of benzene rings is 6. The second-order valence-corrected chi connectivity index (χ2v) is 13.8. The lowest BCUT2D eigenvalue weighted by molar-refractivity contribution is 0.813. The predicted octanol–water partition coefficient (Wildman–Crippen LogP) is 12.5. The lowest BCUT2D eigenvalue weighted by atomic mass is 9.90. The van der Waals surface area contributed by atoms with Crippen molar-refractivity contribution in [2.24, 2.45) is 0 Å². The van der Waals surface area contributed by atoms with Gasteiger partial charge in [-0.1, -0.05) is 164 Å². The van der Waals surface area contributed by atoms with Crippen molar-refractivity contribution in [2.45, 2.75) is 12.3 Å². The molecule has 254 valence electrons. The van der Waals surface area contributed by atoms with Gasteiger partial charge < -0.3 is 0 Å². The summed E-state index contributed by atoms with van der Waals surface area (Å²) in [6, 6.07) is 59.1. The molecule has 0 bridgehead atoms. The molecule has 10 rings (SSSR count). The number of aromatic nitrogens is 4. The lowest BCUT2D eigenvalue weighted by Gasteiger charge is -2.18. The van der Waals surface area contributed by atoms with Crippen LogP contribution in [0.5, 0.6) is 0 Å². The zero-order valence-electron chi connectivity index (χ0n) is 29.5. The van der Waals surface area contributed by atoms with E-state index in [9.17, 15) is 0 Å². The average Bonchev–Trinajstić information content (AvgIpc) is 3.26. The Kier molecular flexibility index (Phi) is 7.92. The number of fused-ring (bicyclic) bond motifs is 4. The van der Waals surface area contributed by atoms with Crippen molar-refractivity contribution >= 4 is 38.3 Å². The SMILES string of the molecule is C1=CC(c2cc(-c3cccc(-c4ccc5ccc6c(-c7ccccc7)c7ccccc7nc6c5n4)c3)nc(-c3ccccc3)n2)CC=C1c1ccccc1. The van der Waals surface area contributed by atoms with Crippen LogP contribution in [0.15, 0.2) is 188 Å². The molecule has 0 radical (unpaired) electrons. The summed E-state index contributed by atoms with van der Waals surface area (Å²) in [6.45, 7) is 0. The van der Waals surface area contributed by atoms with Crippen LogP contribution in [0.2, 0.25) is 0 Å². The molecule has 0 aliphatic heterocycles. The van der Waals surface area contributed by atoms with Crippen LogP contribution in [-0.2, 0) is 0 Å². The topological polar surface area (TPSA) is 51.6 Å². The first kappa shape index (κ1) is 31.7. The third-order valence-corrected chi connectivity index (χ3v) is 10.4. The highest BCUT2D eigenvalue weighted by atomic mass is 14.9. The van der Waals surface area contributed by atoms with E-state index in [-0.39, 0.29) is 5.92 Å². The van der Waals surface area contributed by atoms with Crippen molar-refractivity contribution in [1.29, 1.82) is 0 Å². The second-order valence-electron chi connectivity index (χ2n) is 13.8. The molecule has 4 nitrogen and oxygen atoms in total. The zero-order chi connectivity index (χ0) is 35.8. The minimum absolute atomic E-state index is 0.143. The van der Waals surface area contributed by atoms with Crippen molar-refractivity contribution in [3.05, 3.63) is 199 Å².